The molecule has 0 radical (unpaired) electrons. The highest BCUT2D eigenvalue weighted by Gasteiger charge is 2.21. The highest BCUT2D eigenvalue weighted by molar-refractivity contribution is 7.89. The minimum atomic E-state index is -3.70. The summed E-state index contributed by atoms with van der Waals surface area (Å²) in [6, 6.07) is 3.83. The summed E-state index contributed by atoms with van der Waals surface area (Å²) in [6.07, 6.45) is 2.71. The lowest BCUT2D eigenvalue weighted by Crippen LogP contribution is -2.33. The molecule has 7 heteroatoms. The van der Waals surface area contributed by atoms with Gasteiger partial charge in [-0.2, -0.15) is 0 Å². The van der Waals surface area contributed by atoms with Crippen LogP contribution in [0.5, 0.6) is 0 Å². The summed E-state index contributed by atoms with van der Waals surface area (Å²) in [6.45, 7) is 3.86. The van der Waals surface area contributed by atoms with Crippen molar-refractivity contribution in [2.24, 2.45) is 0 Å². The van der Waals surface area contributed by atoms with Gasteiger partial charge in [0.2, 0.25) is 10.0 Å². The summed E-state index contributed by atoms with van der Waals surface area (Å²) in [5, 5.41) is 0. The largest absolute Gasteiger partial charge is 0.465 e. The average Bonchev–Trinajstić information content (AvgIpc) is 2.43. The molecule has 118 valence electrons. The van der Waals surface area contributed by atoms with Gasteiger partial charge in [-0.25, -0.2) is 17.9 Å². The fourth-order valence-electron chi connectivity index (χ4n) is 1.94. The molecule has 0 aliphatic heterocycles. The summed E-state index contributed by atoms with van der Waals surface area (Å²) < 4.78 is 31.7. The predicted molar refractivity (Wildman–Crippen MR) is 81.5 cm³/mol. The first-order valence-corrected chi connectivity index (χ1v) is 8.30. The minimum Gasteiger partial charge on any atom is -0.465 e. The van der Waals surface area contributed by atoms with Gasteiger partial charge in [-0.1, -0.05) is 19.8 Å². The second-order valence-electron chi connectivity index (χ2n) is 4.91. The average molecular weight is 314 g/mol. The van der Waals surface area contributed by atoms with E-state index in [-0.39, 0.29) is 22.2 Å². The maximum Gasteiger partial charge on any atom is 0.337 e. The van der Waals surface area contributed by atoms with Crippen molar-refractivity contribution in [1.29, 1.82) is 0 Å². The van der Waals surface area contributed by atoms with Crippen LogP contribution in [0.15, 0.2) is 23.1 Å². The smallest absolute Gasteiger partial charge is 0.337 e. The Morgan fingerprint density at radius 2 is 2.10 bits per heavy atom. The van der Waals surface area contributed by atoms with Gasteiger partial charge in [0, 0.05) is 6.04 Å². The first-order chi connectivity index (χ1) is 9.81. The second kappa shape index (κ2) is 7.42. The Labute approximate surface area is 125 Å². The molecule has 0 aliphatic carbocycles. The summed E-state index contributed by atoms with van der Waals surface area (Å²) >= 11 is 0. The van der Waals surface area contributed by atoms with Gasteiger partial charge >= 0.3 is 5.97 Å². The Morgan fingerprint density at radius 1 is 1.43 bits per heavy atom. The van der Waals surface area contributed by atoms with E-state index in [9.17, 15) is 13.2 Å². The van der Waals surface area contributed by atoms with Gasteiger partial charge in [-0.15, -0.1) is 0 Å². The van der Waals surface area contributed by atoms with E-state index in [0.717, 1.165) is 19.3 Å². The van der Waals surface area contributed by atoms with Crippen molar-refractivity contribution in [3.05, 3.63) is 23.8 Å². The molecule has 1 unspecified atom stereocenters. The number of hydrogen-bond acceptors (Lipinski definition) is 5. The molecular formula is C14H22N2O4S. The van der Waals surface area contributed by atoms with Crippen LogP contribution in [0.25, 0.3) is 0 Å². The Hall–Kier alpha value is -1.60. The second-order valence-corrected chi connectivity index (χ2v) is 6.59. The zero-order valence-electron chi connectivity index (χ0n) is 12.5. The van der Waals surface area contributed by atoms with Gasteiger partial charge < -0.3 is 10.5 Å². The molecule has 0 bridgehead atoms. The molecule has 0 saturated carbocycles. The molecule has 1 rings (SSSR count). The molecule has 21 heavy (non-hydrogen) atoms. The van der Waals surface area contributed by atoms with Crippen molar-refractivity contribution >= 4 is 21.7 Å². The van der Waals surface area contributed by atoms with Gasteiger partial charge in [0.1, 0.15) is 4.90 Å². The van der Waals surface area contributed by atoms with Crippen LogP contribution in [0.1, 0.15) is 43.5 Å². The molecule has 1 aromatic carbocycles. The normalized spacial score (nSPS) is 12.9. The number of ether oxygens (including phenoxy) is 1. The Kier molecular flexibility index (Phi) is 6.17. The summed E-state index contributed by atoms with van der Waals surface area (Å²) in [7, 11) is -2.45. The summed E-state index contributed by atoms with van der Waals surface area (Å²) in [5.41, 5.74) is 5.99. The molecule has 6 nitrogen and oxygen atoms in total. The molecule has 0 saturated heterocycles. The van der Waals surface area contributed by atoms with Crippen molar-refractivity contribution in [2.75, 3.05) is 12.8 Å². The quantitative estimate of drug-likeness (QED) is 0.592. The lowest BCUT2D eigenvalue weighted by molar-refractivity contribution is 0.0600. The third-order valence-corrected chi connectivity index (χ3v) is 4.73. The molecule has 1 aromatic rings. The number of carbonyl (C=O) groups excluding carboxylic acids is 1. The number of unbranched alkanes of at least 4 members (excludes halogenated alkanes) is 1. The molecule has 1 atom stereocenters. The zero-order chi connectivity index (χ0) is 16.0. The number of hydrogen-bond donors (Lipinski definition) is 2. The van der Waals surface area contributed by atoms with Crippen LogP contribution in [0.3, 0.4) is 0 Å². The van der Waals surface area contributed by atoms with E-state index < -0.39 is 16.0 Å². The van der Waals surface area contributed by atoms with Gasteiger partial charge in [-0.05, 0) is 31.5 Å². The van der Waals surface area contributed by atoms with E-state index in [2.05, 4.69) is 9.46 Å². The van der Waals surface area contributed by atoms with E-state index in [1.807, 2.05) is 13.8 Å². The number of benzene rings is 1. The Balaban J connectivity index is 2.96. The standard InChI is InChI=1S/C14H22N2O4S/c1-4-5-6-10(2)16-21(18,19)13-8-7-11(9-12(13)15)14(17)20-3/h7-10,16H,4-6,15H2,1-3H3. The van der Waals surface area contributed by atoms with Gasteiger partial charge in [0.15, 0.2) is 0 Å². The van der Waals surface area contributed by atoms with E-state index in [1.165, 1.54) is 25.3 Å². The number of nitrogens with two attached hydrogens (primary N) is 1. The van der Waals surface area contributed by atoms with E-state index in [0.29, 0.717) is 0 Å². The van der Waals surface area contributed by atoms with Crippen LogP contribution < -0.4 is 10.5 Å². The van der Waals surface area contributed by atoms with Crippen molar-refractivity contribution in [3.63, 3.8) is 0 Å². The predicted octanol–water partition coefficient (Wildman–Crippen LogP) is 1.91. The lowest BCUT2D eigenvalue weighted by atomic mass is 10.2. The lowest BCUT2D eigenvalue weighted by Gasteiger charge is -2.15. The zero-order valence-corrected chi connectivity index (χ0v) is 13.4. The number of rotatable bonds is 7. The number of carbonyl (C=O) groups is 1. The van der Waals surface area contributed by atoms with Crippen molar-refractivity contribution in [2.45, 2.75) is 44.0 Å². The van der Waals surface area contributed by atoms with Gasteiger partial charge in [-0.3, -0.25) is 0 Å². The van der Waals surface area contributed by atoms with Crippen LogP contribution >= 0.6 is 0 Å². The number of sulfonamides is 1. The third kappa shape index (κ3) is 4.71. The van der Waals surface area contributed by atoms with Crippen LogP contribution in [0.2, 0.25) is 0 Å². The summed E-state index contributed by atoms with van der Waals surface area (Å²) in [4.78, 5) is 11.4. The van der Waals surface area contributed by atoms with Crippen molar-refractivity contribution < 1.29 is 17.9 Å². The minimum absolute atomic E-state index is 0.0214. The third-order valence-electron chi connectivity index (χ3n) is 3.07. The number of nitrogens with one attached hydrogen (secondary N) is 1. The van der Waals surface area contributed by atoms with Crippen LogP contribution in [0.4, 0.5) is 5.69 Å². The SMILES string of the molecule is CCCCC(C)NS(=O)(=O)c1ccc(C(=O)OC)cc1N. The van der Waals surface area contributed by atoms with Crippen LogP contribution in [-0.2, 0) is 14.8 Å². The highest BCUT2D eigenvalue weighted by Crippen LogP contribution is 2.21. The molecule has 0 aliphatic rings. The molecule has 3 N–H and O–H groups in total. The van der Waals surface area contributed by atoms with Gasteiger partial charge in [0.25, 0.3) is 0 Å². The van der Waals surface area contributed by atoms with Gasteiger partial charge in [0.05, 0.1) is 18.4 Å². The number of nitrogen functional groups attached to an aromatic ring is 1. The molecule has 0 aromatic heterocycles. The van der Waals surface area contributed by atoms with E-state index >= 15 is 0 Å². The van der Waals surface area contributed by atoms with E-state index in [4.69, 9.17) is 5.73 Å². The first-order valence-electron chi connectivity index (χ1n) is 6.82. The topological polar surface area (TPSA) is 98.5 Å². The number of esters is 1. The highest BCUT2D eigenvalue weighted by atomic mass is 32.2. The first kappa shape index (κ1) is 17.5. The van der Waals surface area contributed by atoms with Crippen LogP contribution in [0, 0.1) is 0 Å². The van der Waals surface area contributed by atoms with Crippen molar-refractivity contribution in [3.8, 4) is 0 Å². The maximum absolute atomic E-state index is 12.3. The molecule has 0 fully saturated rings. The molecule has 0 amide bonds. The fourth-order valence-corrected chi connectivity index (χ4v) is 3.33. The Bertz CT molecular complexity index is 599. The Morgan fingerprint density at radius 3 is 2.62 bits per heavy atom. The number of methoxy groups -OCH3 is 1. The fraction of sp³-hybridized carbons (Fsp3) is 0.500. The van der Waals surface area contributed by atoms with Crippen molar-refractivity contribution in [1.82, 2.24) is 4.72 Å². The molecular weight excluding hydrogens is 292 g/mol. The maximum atomic E-state index is 12.3. The molecule has 0 heterocycles. The monoisotopic (exact) mass is 314 g/mol. The van der Waals surface area contributed by atoms with Crippen LogP contribution in [-0.4, -0.2) is 27.5 Å². The number of anilines is 1. The molecule has 0 spiro atoms. The summed E-state index contributed by atoms with van der Waals surface area (Å²) in [5.74, 6) is -0.560. The van der Waals surface area contributed by atoms with E-state index in [1.54, 1.807) is 0 Å².